The second kappa shape index (κ2) is 7.22. The van der Waals surface area contributed by atoms with Crippen molar-refractivity contribution in [1.82, 2.24) is 0 Å². The summed E-state index contributed by atoms with van der Waals surface area (Å²) in [5, 5.41) is 6.77. The van der Waals surface area contributed by atoms with E-state index in [0.29, 0.717) is 30.2 Å². The number of carbonyl (C=O) groups excluding carboxylic acids is 1. The Hall–Kier alpha value is -2.55. The fourth-order valence-corrected chi connectivity index (χ4v) is 4.34. The van der Waals surface area contributed by atoms with Crippen LogP contribution in [0.25, 0.3) is 0 Å². The van der Waals surface area contributed by atoms with Crippen LogP contribution in [-0.4, -0.2) is 5.91 Å². The second-order valence-corrected chi connectivity index (χ2v) is 8.00. The van der Waals surface area contributed by atoms with E-state index in [2.05, 4.69) is 73.0 Å². The molecule has 4 rings (SSSR count). The minimum atomic E-state index is 0.0559. The van der Waals surface area contributed by atoms with E-state index >= 15 is 0 Å². The molecule has 0 bridgehead atoms. The third kappa shape index (κ3) is 3.39. The zero-order valence-electron chi connectivity index (χ0n) is 16.3. The molecule has 3 unspecified atom stereocenters. The van der Waals surface area contributed by atoms with Gasteiger partial charge < -0.3 is 10.6 Å². The van der Waals surface area contributed by atoms with E-state index in [1.165, 1.54) is 22.4 Å². The molecule has 0 radical (unpaired) electrons. The number of allylic oxidation sites excluding steroid dienone is 2. The highest BCUT2D eigenvalue weighted by Gasteiger charge is 2.37. The highest BCUT2D eigenvalue weighted by molar-refractivity contribution is 5.91. The van der Waals surface area contributed by atoms with Gasteiger partial charge in [0.1, 0.15) is 0 Å². The Bertz CT molecular complexity index is 866. The van der Waals surface area contributed by atoms with Crippen molar-refractivity contribution in [2.45, 2.75) is 51.5 Å². The molecule has 2 N–H and O–H groups in total. The van der Waals surface area contributed by atoms with Gasteiger partial charge in [0.2, 0.25) is 5.91 Å². The zero-order valence-corrected chi connectivity index (χ0v) is 16.3. The van der Waals surface area contributed by atoms with Gasteiger partial charge in [0, 0.05) is 23.7 Å². The summed E-state index contributed by atoms with van der Waals surface area (Å²) in [6, 6.07) is 15.6. The topological polar surface area (TPSA) is 41.1 Å². The van der Waals surface area contributed by atoms with Crippen molar-refractivity contribution in [3.05, 3.63) is 71.3 Å². The van der Waals surface area contributed by atoms with Crippen LogP contribution in [0.3, 0.4) is 0 Å². The summed E-state index contributed by atoms with van der Waals surface area (Å²) in [7, 11) is 0. The number of amides is 1. The lowest BCUT2D eigenvalue weighted by molar-refractivity contribution is -0.115. The van der Waals surface area contributed by atoms with Gasteiger partial charge in [0.05, 0.1) is 6.04 Å². The Morgan fingerprint density at radius 2 is 1.96 bits per heavy atom. The van der Waals surface area contributed by atoms with Gasteiger partial charge >= 0.3 is 0 Å². The van der Waals surface area contributed by atoms with Crippen molar-refractivity contribution in [1.29, 1.82) is 0 Å². The molecular weight excluding hydrogens is 332 g/mol. The van der Waals surface area contributed by atoms with Gasteiger partial charge in [0.25, 0.3) is 0 Å². The van der Waals surface area contributed by atoms with Crippen LogP contribution in [0.4, 0.5) is 11.4 Å². The molecule has 0 saturated heterocycles. The van der Waals surface area contributed by atoms with Crippen LogP contribution in [0.15, 0.2) is 54.6 Å². The quantitative estimate of drug-likeness (QED) is 0.658. The fraction of sp³-hybridized carbons (Fsp3) is 0.375. The van der Waals surface area contributed by atoms with Crippen LogP contribution in [0.2, 0.25) is 0 Å². The van der Waals surface area contributed by atoms with Crippen molar-refractivity contribution >= 4 is 17.3 Å². The van der Waals surface area contributed by atoms with Gasteiger partial charge in [-0.15, -0.1) is 0 Å². The molecule has 2 aromatic rings. The van der Waals surface area contributed by atoms with Crippen LogP contribution < -0.4 is 10.6 Å². The minimum Gasteiger partial charge on any atom is -0.378 e. The van der Waals surface area contributed by atoms with E-state index in [4.69, 9.17) is 0 Å². The normalized spacial score (nSPS) is 22.9. The first kappa shape index (κ1) is 17.8. The van der Waals surface area contributed by atoms with E-state index < -0.39 is 0 Å². The van der Waals surface area contributed by atoms with Crippen molar-refractivity contribution in [3.63, 3.8) is 0 Å². The van der Waals surface area contributed by atoms with Gasteiger partial charge in [-0.25, -0.2) is 0 Å². The average molecular weight is 361 g/mol. The van der Waals surface area contributed by atoms with E-state index in [9.17, 15) is 4.79 Å². The molecule has 0 spiro atoms. The first-order valence-electron chi connectivity index (χ1n) is 10.0. The predicted molar refractivity (Wildman–Crippen MR) is 112 cm³/mol. The van der Waals surface area contributed by atoms with Crippen molar-refractivity contribution in [2.24, 2.45) is 5.92 Å². The number of hydrogen-bond donors (Lipinski definition) is 2. The van der Waals surface area contributed by atoms with Crippen LogP contribution in [-0.2, 0) is 4.79 Å². The molecule has 3 atom stereocenters. The van der Waals surface area contributed by atoms with Gasteiger partial charge in [0.15, 0.2) is 0 Å². The number of anilines is 2. The molecule has 1 aliphatic heterocycles. The summed E-state index contributed by atoms with van der Waals surface area (Å²) in [4.78, 5) is 11.7. The number of nitrogens with one attached hydrogen (secondary N) is 2. The molecule has 1 amide bonds. The van der Waals surface area contributed by atoms with Gasteiger partial charge in [-0.3, -0.25) is 4.79 Å². The smallest absolute Gasteiger partial charge is 0.224 e. The monoisotopic (exact) mass is 360 g/mol. The molecule has 0 saturated carbocycles. The molecule has 2 aromatic carbocycles. The summed E-state index contributed by atoms with van der Waals surface area (Å²) < 4.78 is 0. The van der Waals surface area contributed by atoms with Crippen LogP contribution in [0.5, 0.6) is 0 Å². The number of fused-ring (bicyclic) bond motifs is 3. The Labute approximate surface area is 161 Å². The maximum absolute atomic E-state index is 11.7. The van der Waals surface area contributed by atoms with E-state index in [0.717, 1.165) is 12.1 Å². The molecule has 0 fully saturated rings. The molecule has 1 aliphatic carbocycles. The summed E-state index contributed by atoms with van der Waals surface area (Å²) in [5.41, 5.74) is 6.09. The lowest BCUT2D eigenvalue weighted by Crippen LogP contribution is -2.29. The van der Waals surface area contributed by atoms with Crippen molar-refractivity contribution < 1.29 is 4.79 Å². The molecule has 140 valence electrons. The first-order chi connectivity index (χ1) is 13.1. The standard InChI is InChI=1S/C24H28N2O/c1-4-23(27)25-18-12-13-22-21(14-18)19-6-5-7-20(19)24(26-22)17-10-8-16(9-11-17)15(2)3/h5-6,8-15,19-20,24,26H,4,7H2,1-3H3,(H,25,27). The number of benzene rings is 2. The predicted octanol–water partition coefficient (Wildman–Crippen LogP) is 5.99. The summed E-state index contributed by atoms with van der Waals surface area (Å²) in [6.07, 6.45) is 6.22. The molecule has 1 heterocycles. The minimum absolute atomic E-state index is 0.0559. The molecule has 27 heavy (non-hydrogen) atoms. The largest absolute Gasteiger partial charge is 0.378 e. The second-order valence-electron chi connectivity index (χ2n) is 8.00. The molecule has 2 aliphatic rings. The van der Waals surface area contributed by atoms with Crippen molar-refractivity contribution in [3.8, 4) is 0 Å². The maximum Gasteiger partial charge on any atom is 0.224 e. The third-order valence-corrected chi connectivity index (χ3v) is 5.93. The van der Waals surface area contributed by atoms with Gasteiger partial charge in [-0.1, -0.05) is 57.2 Å². The summed E-state index contributed by atoms with van der Waals surface area (Å²) in [5.74, 6) is 1.52. The lowest BCUT2D eigenvalue weighted by atomic mass is 9.76. The molecule has 3 nitrogen and oxygen atoms in total. The molecule has 0 aromatic heterocycles. The maximum atomic E-state index is 11.7. The first-order valence-corrected chi connectivity index (χ1v) is 10.0. The summed E-state index contributed by atoms with van der Waals surface area (Å²) >= 11 is 0. The van der Waals surface area contributed by atoms with E-state index in [-0.39, 0.29) is 5.91 Å². The SMILES string of the molecule is CCC(=O)Nc1ccc2c(c1)C1C=CCC1C(c1ccc(C(C)C)cc1)N2. The average Bonchev–Trinajstić information content (AvgIpc) is 3.17. The Balaban J connectivity index is 1.65. The van der Waals surface area contributed by atoms with E-state index in [1.54, 1.807) is 0 Å². The Kier molecular flexibility index (Phi) is 4.77. The number of carbonyl (C=O) groups is 1. The Morgan fingerprint density at radius 1 is 1.19 bits per heavy atom. The lowest BCUT2D eigenvalue weighted by Gasteiger charge is -2.38. The number of rotatable bonds is 4. The highest BCUT2D eigenvalue weighted by Crippen LogP contribution is 2.50. The highest BCUT2D eigenvalue weighted by atomic mass is 16.1. The van der Waals surface area contributed by atoms with Crippen molar-refractivity contribution in [2.75, 3.05) is 10.6 Å². The van der Waals surface area contributed by atoms with Gasteiger partial charge in [-0.2, -0.15) is 0 Å². The summed E-state index contributed by atoms with van der Waals surface area (Å²) in [6.45, 7) is 6.34. The molecule has 3 heteroatoms. The van der Waals surface area contributed by atoms with Gasteiger partial charge in [-0.05, 0) is 53.1 Å². The zero-order chi connectivity index (χ0) is 19.0. The Morgan fingerprint density at radius 3 is 2.67 bits per heavy atom. The van der Waals surface area contributed by atoms with Crippen LogP contribution in [0, 0.1) is 5.92 Å². The van der Waals surface area contributed by atoms with Crippen LogP contribution >= 0.6 is 0 Å². The molecular formula is C24H28N2O. The van der Waals surface area contributed by atoms with Crippen LogP contribution in [0.1, 0.15) is 68.2 Å². The number of hydrogen-bond acceptors (Lipinski definition) is 2. The third-order valence-electron chi connectivity index (χ3n) is 5.93. The van der Waals surface area contributed by atoms with E-state index in [1.807, 2.05) is 13.0 Å². The fourth-order valence-electron chi connectivity index (χ4n) is 4.34.